The molecule has 1 aromatic heterocycles. The number of benzene rings is 2. The van der Waals surface area contributed by atoms with Crippen LogP contribution in [0.15, 0.2) is 59.6 Å². The van der Waals surface area contributed by atoms with E-state index >= 15 is 0 Å². The number of aliphatic imine (C=N–C) groups is 1. The fourth-order valence-corrected chi connectivity index (χ4v) is 4.33. The summed E-state index contributed by atoms with van der Waals surface area (Å²) in [5.74, 6) is 1.22. The zero-order valence-corrected chi connectivity index (χ0v) is 15.0. The summed E-state index contributed by atoms with van der Waals surface area (Å²) in [5.41, 5.74) is 4.53. The van der Waals surface area contributed by atoms with E-state index in [9.17, 15) is 5.11 Å². The van der Waals surface area contributed by atoms with E-state index in [4.69, 9.17) is 10.1 Å². The first-order valence-electron chi connectivity index (χ1n) is 8.24. The van der Waals surface area contributed by atoms with Crippen molar-refractivity contribution >= 4 is 22.6 Å². The van der Waals surface area contributed by atoms with Gasteiger partial charge in [0.15, 0.2) is 5.82 Å². The average molecular weight is 349 g/mol. The lowest BCUT2D eigenvalue weighted by atomic mass is 10.0. The molecule has 1 unspecified atom stereocenters. The first kappa shape index (κ1) is 16.0. The SMILES string of the molecule is CC1=Nc2c(c(C)nn2Cc2ccccc2)C(c2ccc(O)cc2)S1. The number of fused-ring (bicyclic) bond motifs is 1. The van der Waals surface area contributed by atoms with Crippen molar-refractivity contribution in [1.82, 2.24) is 9.78 Å². The molecule has 0 radical (unpaired) electrons. The third-order valence-corrected chi connectivity index (χ3v) is 5.51. The van der Waals surface area contributed by atoms with Crippen molar-refractivity contribution in [3.05, 3.63) is 77.0 Å². The number of aromatic hydroxyl groups is 1. The number of hydrogen-bond donors (Lipinski definition) is 1. The summed E-state index contributed by atoms with van der Waals surface area (Å²) in [4.78, 5) is 4.79. The van der Waals surface area contributed by atoms with Gasteiger partial charge in [-0.3, -0.25) is 0 Å². The summed E-state index contributed by atoms with van der Waals surface area (Å²) >= 11 is 1.74. The van der Waals surface area contributed by atoms with Gasteiger partial charge in [-0.05, 0) is 37.1 Å². The Morgan fingerprint density at radius 1 is 1.04 bits per heavy atom. The fourth-order valence-electron chi connectivity index (χ4n) is 3.16. The van der Waals surface area contributed by atoms with Gasteiger partial charge in [0.1, 0.15) is 5.75 Å². The van der Waals surface area contributed by atoms with Crippen molar-refractivity contribution in [2.75, 3.05) is 0 Å². The van der Waals surface area contributed by atoms with E-state index in [1.807, 2.05) is 48.9 Å². The van der Waals surface area contributed by atoms with E-state index in [-0.39, 0.29) is 11.0 Å². The molecule has 4 nitrogen and oxygen atoms in total. The smallest absolute Gasteiger partial charge is 0.156 e. The number of aryl methyl sites for hydroxylation is 1. The number of hydrogen-bond acceptors (Lipinski definition) is 4. The van der Waals surface area contributed by atoms with Gasteiger partial charge in [-0.15, -0.1) is 0 Å². The second-order valence-electron chi connectivity index (χ2n) is 6.19. The Morgan fingerprint density at radius 3 is 2.48 bits per heavy atom. The standard InChI is InChI=1S/C20H19N3OS/c1-13-18-19(16-8-10-17(24)11-9-16)25-14(2)21-20(18)23(22-13)12-15-6-4-3-5-7-15/h3-11,19,24H,12H2,1-2H3. The first-order valence-corrected chi connectivity index (χ1v) is 9.12. The van der Waals surface area contributed by atoms with Gasteiger partial charge >= 0.3 is 0 Å². The van der Waals surface area contributed by atoms with Crippen molar-refractivity contribution in [2.24, 2.45) is 4.99 Å². The Labute approximate surface area is 151 Å². The molecule has 1 aliphatic rings. The van der Waals surface area contributed by atoms with Crippen molar-refractivity contribution < 1.29 is 5.11 Å². The number of phenolic OH excluding ortho intramolecular Hbond substituents is 1. The Kier molecular flexibility index (Phi) is 4.09. The van der Waals surface area contributed by atoms with Crippen LogP contribution in [-0.2, 0) is 6.54 Å². The molecule has 0 bridgehead atoms. The molecule has 25 heavy (non-hydrogen) atoms. The van der Waals surface area contributed by atoms with Gasteiger partial charge < -0.3 is 5.11 Å². The second kappa shape index (κ2) is 6.41. The van der Waals surface area contributed by atoms with Crippen LogP contribution in [0.3, 0.4) is 0 Å². The minimum Gasteiger partial charge on any atom is -0.508 e. The monoisotopic (exact) mass is 349 g/mol. The molecule has 4 rings (SSSR count). The van der Waals surface area contributed by atoms with Crippen LogP contribution in [0.25, 0.3) is 0 Å². The Balaban J connectivity index is 1.78. The maximum atomic E-state index is 9.58. The summed E-state index contributed by atoms with van der Waals surface area (Å²) in [5, 5.41) is 15.5. The van der Waals surface area contributed by atoms with E-state index in [1.54, 1.807) is 23.9 Å². The molecule has 1 atom stereocenters. The molecular formula is C20H19N3OS. The van der Waals surface area contributed by atoms with Gasteiger partial charge in [-0.2, -0.15) is 5.10 Å². The molecule has 2 heterocycles. The van der Waals surface area contributed by atoms with Crippen LogP contribution >= 0.6 is 11.8 Å². The molecule has 0 saturated heterocycles. The van der Waals surface area contributed by atoms with Gasteiger partial charge in [0, 0.05) is 5.56 Å². The Bertz CT molecular complexity index is 930. The molecule has 2 aromatic carbocycles. The third-order valence-electron chi connectivity index (χ3n) is 4.33. The molecular weight excluding hydrogens is 330 g/mol. The normalized spacial score (nSPS) is 16.4. The zero-order valence-electron chi connectivity index (χ0n) is 14.2. The molecule has 5 heteroatoms. The van der Waals surface area contributed by atoms with Crippen LogP contribution in [0.5, 0.6) is 5.75 Å². The van der Waals surface area contributed by atoms with Crippen LogP contribution < -0.4 is 0 Å². The molecule has 0 amide bonds. The third kappa shape index (κ3) is 3.07. The zero-order chi connectivity index (χ0) is 17.4. The highest BCUT2D eigenvalue weighted by Crippen LogP contribution is 2.46. The lowest BCUT2D eigenvalue weighted by Gasteiger charge is -2.22. The predicted octanol–water partition coefficient (Wildman–Crippen LogP) is 4.83. The van der Waals surface area contributed by atoms with Crippen molar-refractivity contribution in [3.63, 3.8) is 0 Å². The first-order chi connectivity index (χ1) is 12.1. The van der Waals surface area contributed by atoms with E-state index in [0.29, 0.717) is 6.54 Å². The summed E-state index contributed by atoms with van der Waals surface area (Å²) in [6, 6.07) is 17.7. The quantitative estimate of drug-likeness (QED) is 0.737. The molecule has 1 aliphatic heterocycles. The summed E-state index contributed by atoms with van der Waals surface area (Å²) in [7, 11) is 0. The average Bonchev–Trinajstić information content (AvgIpc) is 2.91. The predicted molar refractivity (Wildman–Crippen MR) is 103 cm³/mol. The van der Waals surface area contributed by atoms with Crippen molar-refractivity contribution in [1.29, 1.82) is 0 Å². The molecule has 1 N–H and O–H groups in total. The highest BCUT2D eigenvalue weighted by atomic mass is 32.2. The van der Waals surface area contributed by atoms with Crippen LogP contribution in [0, 0.1) is 6.92 Å². The van der Waals surface area contributed by atoms with Gasteiger partial charge in [0.25, 0.3) is 0 Å². The van der Waals surface area contributed by atoms with Gasteiger partial charge in [0.05, 0.1) is 22.5 Å². The van der Waals surface area contributed by atoms with E-state index in [1.165, 1.54) is 5.56 Å². The van der Waals surface area contributed by atoms with Crippen molar-refractivity contribution in [3.8, 4) is 5.75 Å². The van der Waals surface area contributed by atoms with E-state index in [0.717, 1.165) is 27.7 Å². The minimum atomic E-state index is 0.151. The van der Waals surface area contributed by atoms with Crippen LogP contribution in [-0.4, -0.2) is 19.9 Å². The number of nitrogens with zero attached hydrogens (tertiary/aromatic N) is 3. The summed E-state index contributed by atoms with van der Waals surface area (Å²) < 4.78 is 2.00. The minimum absolute atomic E-state index is 0.151. The summed E-state index contributed by atoms with van der Waals surface area (Å²) in [6.45, 7) is 4.79. The van der Waals surface area contributed by atoms with E-state index in [2.05, 4.69) is 12.1 Å². The lowest BCUT2D eigenvalue weighted by molar-refractivity contribution is 0.475. The molecule has 0 fully saturated rings. The number of phenols is 1. The maximum absolute atomic E-state index is 9.58. The second-order valence-corrected chi connectivity index (χ2v) is 7.48. The van der Waals surface area contributed by atoms with Crippen LogP contribution in [0.2, 0.25) is 0 Å². The number of aromatic nitrogens is 2. The fraction of sp³-hybridized carbons (Fsp3) is 0.200. The molecule has 0 aliphatic carbocycles. The highest BCUT2D eigenvalue weighted by molar-refractivity contribution is 8.14. The largest absolute Gasteiger partial charge is 0.508 e. The lowest BCUT2D eigenvalue weighted by Crippen LogP contribution is -2.07. The topological polar surface area (TPSA) is 50.4 Å². The molecule has 126 valence electrons. The molecule has 3 aromatic rings. The highest BCUT2D eigenvalue weighted by Gasteiger charge is 2.29. The van der Waals surface area contributed by atoms with E-state index < -0.39 is 0 Å². The Morgan fingerprint density at radius 2 is 1.76 bits per heavy atom. The van der Waals surface area contributed by atoms with Crippen LogP contribution in [0.1, 0.15) is 34.6 Å². The summed E-state index contributed by atoms with van der Waals surface area (Å²) in [6.07, 6.45) is 0. The molecule has 0 saturated carbocycles. The van der Waals surface area contributed by atoms with Gasteiger partial charge in [-0.1, -0.05) is 54.2 Å². The maximum Gasteiger partial charge on any atom is 0.156 e. The van der Waals surface area contributed by atoms with Gasteiger partial charge in [-0.25, -0.2) is 9.67 Å². The van der Waals surface area contributed by atoms with Crippen LogP contribution in [0.4, 0.5) is 5.82 Å². The Hall–Kier alpha value is -2.53. The van der Waals surface area contributed by atoms with Crippen molar-refractivity contribution in [2.45, 2.75) is 25.6 Å². The van der Waals surface area contributed by atoms with Gasteiger partial charge in [0.2, 0.25) is 0 Å². The number of rotatable bonds is 3. The molecule has 0 spiro atoms. The number of thioether (sulfide) groups is 1.